The fourth-order valence-electron chi connectivity index (χ4n) is 2.75. The molecule has 1 aliphatic heterocycles. The van der Waals surface area contributed by atoms with Crippen molar-refractivity contribution in [3.8, 4) is 0 Å². The van der Waals surface area contributed by atoms with Crippen LogP contribution in [0.2, 0.25) is 10.0 Å². The number of nitrogens with one attached hydrogen (secondary N) is 1. The molecule has 1 saturated heterocycles. The number of benzene rings is 1. The van der Waals surface area contributed by atoms with Crippen LogP contribution in [-0.2, 0) is 4.79 Å². The van der Waals surface area contributed by atoms with Crippen molar-refractivity contribution in [3.05, 3.63) is 50.6 Å². The van der Waals surface area contributed by atoms with Crippen LogP contribution in [-0.4, -0.2) is 29.8 Å². The van der Waals surface area contributed by atoms with Gasteiger partial charge in [0.15, 0.2) is 0 Å². The molecule has 0 unspecified atom stereocenters. The van der Waals surface area contributed by atoms with E-state index in [1.54, 1.807) is 23.1 Å². The van der Waals surface area contributed by atoms with Crippen molar-refractivity contribution in [2.75, 3.05) is 18.4 Å². The number of rotatable bonds is 3. The summed E-state index contributed by atoms with van der Waals surface area (Å²) < 4.78 is 0. The van der Waals surface area contributed by atoms with Gasteiger partial charge in [0.1, 0.15) is 0 Å². The van der Waals surface area contributed by atoms with Crippen LogP contribution in [0.1, 0.15) is 22.5 Å². The van der Waals surface area contributed by atoms with E-state index < -0.39 is 0 Å². The lowest BCUT2D eigenvalue weighted by atomic mass is 9.97. The van der Waals surface area contributed by atoms with E-state index in [-0.39, 0.29) is 17.7 Å². The maximum atomic E-state index is 12.5. The van der Waals surface area contributed by atoms with E-state index in [4.69, 9.17) is 23.2 Å². The molecule has 2 heterocycles. The third kappa shape index (κ3) is 3.91. The van der Waals surface area contributed by atoms with Crippen molar-refractivity contribution < 1.29 is 9.59 Å². The number of carbonyl (C=O) groups is 2. The van der Waals surface area contributed by atoms with E-state index in [0.29, 0.717) is 33.7 Å². The van der Waals surface area contributed by atoms with Gasteiger partial charge in [0.25, 0.3) is 5.91 Å². The molecular weight excluding hydrogens is 367 g/mol. The number of piperidine rings is 1. The summed E-state index contributed by atoms with van der Waals surface area (Å²) in [5.41, 5.74) is 0.608. The second-order valence-corrected chi connectivity index (χ2v) is 7.45. The first-order valence-electron chi connectivity index (χ1n) is 7.63. The van der Waals surface area contributed by atoms with E-state index in [1.165, 1.54) is 11.3 Å². The molecule has 1 atom stereocenters. The predicted octanol–water partition coefficient (Wildman–Crippen LogP) is 4.55. The number of anilines is 1. The number of thiophene rings is 1. The fraction of sp³-hybridized carbons (Fsp3) is 0.294. The Morgan fingerprint density at radius 2 is 2.04 bits per heavy atom. The summed E-state index contributed by atoms with van der Waals surface area (Å²) in [5, 5.41) is 5.58. The van der Waals surface area contributed by atoms with Gasteiger partial charge in [-0.15, -0.1) is 11.3 Å². The largest absolute Gasteiger partial charge is 0.337 e. The minimum Gasteiger partial charge on any atom is -0.337 e. The molecule has 0 aliphatic carbocycles. The molecule has 1 fully saturated rings. The van der Waals surface area contributed by atoms with Crippen LogP contribution in [0, 0.1) is 5.92 Å². The summed E-state index contributed by atoms with van der Waals surface area (Å²) >= 11 is 13.3. The predicted molar refractivity (Wildman–Crippen MR) is 98.0 cm³/mol. The zero-order valence-electron chi connectivity index (χ0n) is 12.8. The zero-order valence-corrected chi connectivity index (χ0v) is 15.1. The van der Waals surface area contributed by atoms with Crippen LogP contribution < -0.4 is 5.32 Å². The highest BCUT2D eigenvalue weighted by Crippen LogP contribution is 2.26. The van der Waals surface area contributed by atoms with Gasteiger partial charge in [-0.1, -0.05) is 29.3 Å². The summed E-state index contributed by atoms with van der Waals surface area (Å²) in [6, 6.07) is 8.65. The standard InChI is InChI=1S/C17H16Cl2N2O2S/c18-13-6-5-12(9-14(13)19)20-16(22)11-3-1-7-21(10-11)17(23)15-4-2-8-24-15/h2,4-6,8-9,11H,1,3,7,10H2,(H,20,22)/t11-/m0/s1. The van der Waals surface area contributed by atoms with Crippen LogP contribution in [0.5, 0.6) is 0 Å². The molecule has 0 radical (unpaired) electrons. The van der Waals surface area contributed by atoms with E-state index in [9.17, 15) is 9.59 Å². The molecule has 1 aliphatic rings. The Bertz CT molecular complexity index is 749. The Hall–Kier alpha value is -1.56. The van der Waals surface area contributed by atoms with Crippen molar-refractivity contribution in [3.63, 3.8) is 0 Å². The average molecular weight is 383 g/mol. The zero-order chi connectivity index (χ0) is 17.1. The van der Waals surface area contributed by atoms with Gasteiger partial charge in [-0.2, -0.15) is 0 Å². The molecule has 4 nitrogen and oxygen atoms in total. The third-order valence-electron chi connectivity index (χ3n) is 4.00. The lowest BCUT2D eigenvalue weighted by Gasteiger charge is -2.31. The molecule has 0 spiro atoms. The Kier molecular flexibility index (Phi) is 5.43. The Morgan fingerprint density at radius 1 is 1.21 bits per heavy atom. The van der Waals surface area contributed by atoms with Crippen LogP contribution in [0.25, 0.3) is 0 Å². The van der Waals surface area contributed by atoms with Crippen molar-refractivity contribution >= 4 is 52.0 Å². The molecule has 7 heteroatoms. The molecule has 24 heavy (non-hydrogen) atoms. The van der Waals surface area contributed by atoms with Crippen LogP contribution in [0.4, 0.5) is 5.69 Å². The van der Waals surface area contributed by atoms with Gasteiger partial charge < -0.3 is 10.2 Å². The molecule has 1 N–H and O–H groups in total. The fourth-order valence-corrected chi connectivity index (χ4v) is 3.74. The lowest BCUT2D eigenvalue weighted by molar-refractivity contribution is -0.121. The molecule has 2 amide bonds. The Labute approximate surface area is 154 Å². The third-order valence-corrected chi connectivity index (χ3v) is 5.60. The first-order chi connectivity index (χ1) is 11.5. The van der Waals surface area contributed by atoms with E-state index in [1.807, 2.05) is 17.5 Å². The number of halogens is 2. The van der Waals surface area contributed by atoms with Gasteiger partial charge in [0.05, 0.1) is 20.8 Å². The molecule has 3 rings (SSSR count). The Morgan fingerprint density at radius 3 is 2.75 bits per heavy atom. The van der Waals surface area contributed by atoms with Crippen LogP contribution >= 0.6 is 34.5 Å². The van der Waals surface area contributed by atoms with Gasteiger partial charge in [-0.3, -0.25) is 9.59 Å². The van der Waals surface area contributed by atoms with Crippen molar-refractivity contribution in [2.45, 2.75) is 12.8 Å². The highest BCUT2D eigenvalue weighted by Gasteiger charge is 2.29. The van der Waals surface area contributed by atoms with Crippen molar-refractivity contribution in [1.29, 1.82) is 0 Å². The molecule has 0 saturated carbocycles. The summed E-state index contributed by atoms with van der Waals surface area (Å²) in [6.07, 6.45) is 1.58. The first-order valence-corrected chi connectivity index (χ1v) is 9.27. The number of carbonyl (C=O) groups excluding carboxylic acids is 2. The molecule has 1 aromatic heterocycles. The maximum absolute atomic E-state index is 12.5. The minimum atomic E-state index is -0.225. The SMILES string of the molecule is O=C(Nc1ccc(Cl)c(Cl)c1)[C@H]1CCCN(C(=O)c2cccs2)C1. The second kappa shape index (κ2) is 7.55. The smallest absolute Gasteiger partial charge is 0.263 e. The normalized spacial score (nSPS) is 17.6. The molecule has 1 aromatic carbocycles. The van der Waals surface area contributed by atoms with E-state index >= 15 is 0 Å². The topological polar surface area (TPSA) is 49.4 Å². The minimum absolute atomic E-state index is 0.00274. The Balaban J connectivity index is 1.64. The van der Waals surface area contributed by atoms with Crippen LogP contribution in [0.15, 0.2) is 35.7 Å². The molecular formula is C17H16Cl2N2O2S. The number of amides is 2. The second-order valence-electron chi connectivity index (χ2n) is 5.69. The van der Waals surface area contributed by atoms with E-state index in [0.717, 1.165) is 12.8 Å². The number of nitrogens with zero attached hydrogens (tertiary/aromatic N) is 1. The maximum Gasteiger partial charge on any atom is 0.263 e. The summed E-state index contributed by atoms with van der Waals surface area (Å²) in [5.74, 6) is -0.328. The summed E-state index contributed by atoms with van der Waals surface area (Å²) in [4.78, 5) is 27.4. The molecule has 0 bridgehead atoms. The highest BCUT2D eigenvalue weighted by molar-refractivity contribution is 7.12. The average Bonchev–Trinajstić information content (AvgIpc) is 3.12. The molecule has 126 valence electrons. The highest BCUT2D eigenvalue weighted by atomic mass is 35.5. The molecule has 2 aromatic rings. The lowest BCUT2D eigenvalue weighted by Crippen LogP contribution is -2.43. The van der Waals surface area contributed by atoms with Gasteiger partial charge in [0, 0.05) is 18.8 Å². The van der Waals surface area contributed by atoms with Gasteiger partial charge in [-0.25, -0.2) is 0 Å². The monoisotopic (exact) mass is 382 g/mol. The number of hydrogen-bond acceptors (Lipinski definition) is 3. The number of hydrogen-bond donors (Lipinski definition) is 1. The van der Waals surface area contributed by atoms with Crippen molar-refractivity contribution in [2.24, 2.45) is 5.92 Å². The van der Waals surface area contributed by atoms with Gasteiger partial charge in [-0.05, 0) is 42.5 Å². The number of likely N-dealkylation sites (tertiary alicyclic amines) is 1. The van der Waals surface area contributed by atoms with Crippen LogP contribution in [0.3, 0.4) is 0 Å². The van der Waals surface area contributed by atoms with Gasteiger partial charge >= 0.3 is 0 Å². The van der Waals surface area contributed by atoms with Crippen molar-refractivity contribution in [1.82, 2.24) is 4.90 Å². The van der Waals surface area contributed by atoms with Gasteiger partial charge in [0.2, 0.25) is 5.91 Å². The summed E-state index contributed by atoms with van der Waals surface area (Å²) in [6.45, 7) is 1.12. The summed E-state index contributed by atoms with van der Waals surface area (Å²) in [7, 11) is 0. The first kappa shape index (κ1) is 17.3. The quantitative estimate of drug-likeness (QED) is 0.846. The van der Waals surface area contributed by atoms with E-state index in [2.05, 4.69) is 5.32 Å².